The summed E-state index contributed by atoms with van der Waals surface area (Å²) in [5, 5.41) is 35.8. The molecule has 6 atom stereocenters. The molecule has 14 nitrogen and oxygen atoms in total. The van der Waals surface area contributed by atoms with Crippen molar-refractivity contribution >= 4 is 20.4 Å². The molecule has 1 fully saturated rings. The van der Waals surface area contributed by atoms with E-state index in [-0.39, 0.29) is 30.4 Å². The lowest BCUT2D eigenvalue weighted by Gasteiger charge is -2.25. The number of phosphoric ester groups is 1. The van der Waals surface area contributed by atoms with Crippen molar-refractivity contribution in [2.24, 2.45) is 15.8 Å². The van der Waals surface area contributed by atoms with Crippen LogP contribution in [0.1, 0.15) is 127 Å². The Hall–Kier alpha value is -3.10. The summed E-state index contributed by atoms with van der Waals surface area (Å²) in [6.07, 6.45) is 14.0. The predicted molar refractivity (Wildman–Crippen MR) is 217 cm³/mol. The Morgan fingerprint density at radius 3 is 2.12 bits per heavy atom. The summed E-state index contributed by atoms with van der Waals surface area (Å²) >= 11 is 0. The van der Waals surface area contributed by atoms with Gasteiger partial charge in [0.1, 0.15) is 42.0 Å². The minimum Gasteiger partial charge on any atom is -0.387 e. The number of rotatable bonds is 31. The Morgan fingerprint density at radius 2 is 1.57 bits per heavy atom. The Labute approximate surface area is 342 Å². The van der Waals surface area contributed by atoms with Gasteiger partial charge < -0.3 is 35.1 Å². The molecular formula is C41H64F2N5O9P. The number of nitrogens with two attached hydrogens (primary N) is 1. The van der Waals surface area contributed by atoms with Crippen LogP contribution in [0.2, 0.25) is 0 Å². The number of aliphatic hydroxyl groups excluding tert-OH is 2. The third kappa shape index (κ3) is 15.5. The number of hydrogen-bond donors (Lipinski definition) is 4. The van der Waals surface area contributed by atoms with Gasteiger partial charge in [-0.15, -0.1) is 0 Å². The average Bonchev–Trinajstić information content (AvgIpc) is 3.76. The molecule has 3 rings (SSSR count). The minimum absolute atomic E-state index is 0.0234. The van der Waals surface area contributed by atoms with E-state index in [4.69, 9.17) is 29.0 Å². The van der Waals surface area contributed by atoms with Crippen LogP contribution in [0.4, 0.5) is 8.78 Å². The van der Waals surface area contributed by atoms with Gasteiger partial charge in [0.15, 0.2) is 11.6 Å². The zero-order valence-corrected chi connectivity index (χ0v) is 35.0. The van der Waals surface area contributed by atoms with Crippen LogP contribution in [-0.2, 0) is 40.0 Å². The van der Waals surface area contributed by atoms with E-state index < -0.39 is 62.7 Å². The summed E-state index contributed by atoms with van der Waals surface area (Å²) < 4.78 is 69.1. The highest BCUT2D eigenvalue weighted by Gasteiger charge is 2.58. The van der Waals surface area contributed by atoms with Crippen molar-refractivity contribution < 1.29 is 51.7 Å². The van der Waals surface area contributed by atoms with E-state index in [0.717, 1.165) is 36.1 Å². The number of aromatic nitrogens is 1. The van der Waals surface area contributed by atoms with Gasteiger partial charge in [0, 0.05) is 20.4 Å². The topological polar surface area (TPSA) is 203 Å². The molecule has 326 valence electrons. The van der Waals surface area contributed by atoms with Crippen molar-refractivity contribution in [1.82, 2.24) is 4.68 Å². The molecule has 1 aliphatic heterocycles. The van der Waals surface area contributed by atoms with Crippen LogP contribution in [0.15, 0.2) is 40.4 Å². The molecule has 17 heteroatoms. The number of halogens is 2. The zero-order valence-electron chi connectivity index (χ0n) is 34.1. The molecule has 1 aromatic heterocycles. The molecule has 1 unspecified atom stereocenters. The summed E-state index contributed by atoms with van der Waals surface area (Å²) in [4.78, 5) is 14.4. The lowest BCUT2D eigenvalue weighted by molar-refractivity contribution is -0.0694. The number of benzene rings is 1. The fourth-order valence-corrected chi connectivity index (χ4v) is 7.59. The van der Waals surface area contributed by atoms with Gasteiger partial charge in [0.2, 0.25) is 5.60 Å². The molecule has 0 amide bonds. The molecule has 58 heavy (non-hydrogen) atoms. The predicted octanol–water partition coefficient (Wildman–Crippen LogP) is 7.40. The summed E-state index contributed by atoms with van der Waals surface area (Å²) in [7, 11) is -3.41. The normalized spacial score (nSPS) is 21.2. The highest BCUT2D eigenvalue weighted by Crippen LogP contribution is 2.46. The quantitative estimate of drug-likeness (QED) is 0.0255. The van der Waals surface area contributed by atoms with Gasteiger partial charge in [0.05, 0.1) is 32.1 Å². The molecular weight excluding hydrogens is 775 g/mol. The van der Waals surface area contributed by atoms with E-state index in [0.29, 0.717) is 12.2 Å². The molecule has 0 saturated carbocycles. The van der Waals surface area contributed by atoms with Crippen molar-refractivity contribution in [3.8, 4) is 6.07 Å². The molecule has 0 bridgehead atoms. The van der Waals surface area contributed by atoms with Crippen molar-refractivity contribution in [1.29, 1.82) is 5.26 Å². The number of aliphatic hydroxyl groups is 2. The Kier molecular flexibility index (Phi) is 22.2. The maximum Gasteiger partial charge on any atom is 0.472 e. The Morgan fingerprint density at radius 1 is 0.966 bits per heavy atom. The number of nitrogens with zero attached hydrogens (tertiary/aromatic N) is 4. The van der Waals surface area contributed by atoms with Crippen molar-refractivity contribution in [2.75, 3.05) is 33.5 Å². The lowest BCUT2D eigenvalue weighted by atomic mass is 9.92. The first-order valence-corrected chi connectivity index (χ1v) is 22.0. The fraction of sp³-hybridized carbons (Fsp3) is 0.683. The number of amidine groups is 1. The van der Waals surface area contributed by atoms with Gasteiger partial charge in [-0.2, -0.15) is 10.4 Å². The molecule has 1 aromatic carbocycles. The van der Waals surface area contributed by atoms with E-state index in [1.165, 1.54) is 109 Å². The lowest BCUT2D eigenvalue weighted by Crippen LogP contribution is -2.41. The largest absolute Gasteiger partial charge is 0.472 e. The van der Waals surface area contributed by atoms with E-state index in [9.17, 15) is 33.7 Å². The summed E-state index contributed by atoms with van der Waals surface area (Å²) in [5.74, 6) is -2.00. The van der Waals surface area contributed by atoms with Crippen LogP contribution in [0.5, 0.6) is 0 Å². The zero-order chi connectivity index (χ0) is 42.4. The van der Waals surface area contributed by atoms with Crippen LogP contribution >= 0.6 is 7.82 Å². The number of phosphoric acid groups is 1. The van der Waals surface area contributed by atoms with Crippen molar-refractivity contribution in [3.63, 3.8) is 0 Å². The van der Waals surface area contributed by atoms with Crippen molar-refractivity contribution in [2.45, 2.75) is 146 Å². The third-order valence-corrected chi connectivity index (χ3v) is 11.2. The monoisotopic (exact) mass is 839 g/mol. The number of ether oxygens (including phenoxy) is 3. The first kappa shape index (κ1) is 49.3. The summed E-state index contributed by atoms with van der Waals surface area (Å²) in [6, 6.07) is 8.05. The SMILES string of the molecule is C=Nn1c(C(N)=NC)ccc1[C@]1(C#N)O[C@H](COP(=O)(O)OC[C@@H](COCCCCCCCCCCCCCCCCCC)OCc2ccc(F)c(F)c2)[C@@H](O)[C@H]1O. The number of nitriles is 1. The van der Waals surface area contributed by atoms with Gasteiger partial charge in [0.25, 0.3) is 0 Å². The highest BCUT2D eigenvalue weighted by atomic mass is 31.2. The maximum absolute atomic E-state index is 13.8. The number of aliphatic imine (C=N–C) groups is 1. The van der Waals surface area contributed by atoms with Gasteiger partial charge in [-0.25, -0.2) is 18.0 Å². The number of unbranched alkanes of at least 4 members (excludes halogenated alkanes) is 15. The fourth-order valence-electron chi connectivity index (χ4n) is 6.82. The average molecular weight is 840 g/mol. The van der Waals surface area contributed by atoms with Crippen molar-refractivity contribution in [3.05, 3.63) is 58.9 Å². The molecule has 2 heterocycles. The highest BCUT2D eigenvalue weighted by molar-refractivity contribution is 7.47. The molecule has 1 aliphatic rings. The molecule has 2 aromatic rings. The Bertz CT molecular complexity index is 1640. The second kappa shape index (κ2) is 26.2. The van der Waals surface area contributed by atoms with Crippen LogP contribution in [0, 0.1) is 23.0 Å². The second-order valence-electron chi connectivity index (χ2n) is 14.7. The molecule has 0 aliphatic carbocycles. The van der Waals surface area contributed by atoms with Gasteiger partial charge >= 0.3 is 7.82 Å². The van der Waals surface area contributed by atoms with E-state index in [1.807, 2.05) is 6.07 Å². The van der Waals surface area contributed by atoms with Crippen LogP contribution in [0.3, 0.4) is 0 Å². The smallest absolute Gasteiger partial charge is 0.387 e. The first-order chi connectivity index (χ1) is 27.9. The first-order valence-electron chi connectivity index (χ1n) is 20.5. The van der Waals surface area contributed by atoms with Gasteiger partial charge in [-0.05, 0) is 36.2 Å². The molecule has 5 N–H and O–H groups in total. The minimum atomic E-state index is -4.85. The van der Waals surface area contributed by atoms with Crippen LogP contribution in [0.25, 0.3) is 0 Å². The summed E-state index contributed by atoms with van der Waals surface area (Å²) in [5.41, 5.74) is 4.28. The van der Waals surface area contributed by atoms with E-state index >= 15 is 0 Å². The van der Waals surface area contributed by atoms with E-state index in [1.54, 1.807) is 0 Å². The molecule has 0 spiro atoms. The van der Waals surface area contributed by atoms with Gasteiger partial charge in [-0.3, -0.25) is 14.0 Å². The molecule has 0 radical (unpaired) electrons. The standard InChI is InChI=1S/C41H64F2N5O9P/c1-4-5-6-7-8-9-10-11-12-13-14-15-16-17-18-19-24-53-27-32(54-26-31-20-21-33(42)34(43)25-31)28-55-58(51,52)56-29-36-38(49)39(50)41(30-44,57-36)37-23-22-35(40(45)46-2)48(37)47-3/h20-23,25,32,36,38-39,49-50H,3-19,24,26-29H2,1-2H3,(H2,45,46)(H,51,52)/t32-,36-,38-,39-,41+/m1/s1. The molecule has 1 saturated heterocycles. The number of hydrogen-bond acceptors (Lipinski definition) is 11. The summed E-state index contributed by atoms with van der Waals surface area (Å²) in [6.45, 7) is 4.68. The van der Waals surface area contributed by atoms with Gasteiger partial charge in [-0.1, -0.05) is 109 Å². The Balaban J connectivity index is 1.44. The van der Waals surface area contributed by atoms with E-state index in [2.05, 4.69) is 23.7 Å². The third-order valence-electron chi connectivity index (χ3n) is 10.2. The van der Waals surface area contributed by atoms with Crippen LogP contribution in [-0.4, -0.2) is 90.2 Å². The second-order valence-corrected chi connectivity index (χ2v) is 16.2. The maximum atomic E-state index is 13.8. The van der Waals surface area contributed by atoms with Crippen LogP contribution < -0.4 is 5.73 Å².